The van der Waals surface area contributed by atoms with Gasteiger partial charge in [0.15, 0.2) is 11.6 Å². The van der Waals surface area contributed by atoms with Gasteiger partial charge in [0.05, 0.1) is 15.4 Å². The van der Waals surface area contributed by atoms with E-state index in [2.05, 4.69) is 16.5 Å². The Labute approximate surface area is 114 Å². The van der Waals surface area contributed by atoms with E-state index >= 15 is 0 Å². The van der Waals surface area contributed by atoms with Gasteiger partial charge in [0.2, 0.25) is 0 Å². The van der Waals surface area contributed by atoms with Gasteiger partial charge in [0.25, 0.3) is 0 Å². The molecule has 0 aliphatic rings. The molecular formula is C14H14FN3S. The van der Waals surface area contributed by atoms with Crippen LogP contribution in [0.3, 0.4) is 0 Å². The number of nitrogen functional groups attached to an aromatic ring is 1. The second-order valence-corrected chi connectivity index (χ2v) is 5.51. The summed E-state index contributed by atoms with van der Waals surface area (Å²) < 4.78 is 15.9. The van der Waals surface area contributed by atoms with Gasteiger partial charge >= 0.3 is 0 Å². The Morgan fingerprint density at radius 3 is 2.84 bits per heavy atom. The zero-order valence-electron chi connectivity index (χ0n) is 10.6. The topological polar surface area (TPSA) is 43.8 Å². The lowest BCUT2D eigenvalue weighted by molar-refractivity contribution is 0.637. The summed E-state index contributed by atoms with van der Waals surface area (Å²) in [7, 11) is 0. The molecule has 3 rings (SSSR count). The number of halogens is 1. The van der Waals surface area contributed by atoms with Crippen molar-refractivity contribution in [3.63, 3.8) is 0 Å². The quantitative estimate of drug-likeness (QED) is 0.788. The van der Waals surface area contributed by atoms with Gasteiger partial charge in [-0.3, -0.25) is 0 Å². The number of fused-ring (bicyclic) bond motifs is 1. The molecule has 2 aromatic heterocycles. The molecular weight excluding hydrogens is 261 g/mol. The second-order valence-electron chi connectivity index (χ2n) is 4.40. The highest BCUT2D eigenvalue weighted by Crippen LogP contribution is 2.32. The zero-order valence-corrected chi connectivity index (χ0v) is 11.4. The fourth-order valence-corrected chi connectivity index (χ4v) is 3.00. The molecule has 19 heavy (non-hydrogen) atoms. The van der Waals surface area contributed by atoms with Gasteiger partial charge in [-0.15, -0.1) is 11.3 Å². The third kappa shape index (κ3) is 2.00. The average molecular weight is 275 g/mol. The smallest absolute Gasteiger partial charge is 0.151 e. The lowest BCUT2D eigenvalue weighted by atomic mass is 10.3. The summed E-state index contributed by atoms with van der Waals surface area (Å²) in [5, 5.41) is 0.741. The third-order valence-corrected chi connectivity index (χ3v) is 3.93. The Morgan fingerprint density at radius 1 is 1.32 bits per heavy atom. The highest BCUT2D eigenvalue weighted by molar-refractivity contribution is 7.19. The van der Waals surface area contributed by atoms with E-state index in [1.807, 2.05) is 18.2 Å². The van der Waals surface area contributed by atoms with Gasteiger partial charge < -0.3 is 10.3 Å². The molecule has 2 N–H and O–H groups in total. The molecule has 0 aliphatic carbocycles. The van der Waals surface area contributed by atoms with Crippen molar-refractivity contribution in [2.75, 3.05) is 5.73 Å². The lowest BCUT2D eigenvalue weighted by Gasteiger charge is -2.05. The summed E-state index contributed by atoms with van der Waals surface area (Å²) in [6, 6.07) is 8.86. The largest absolute Gasteiger partial charge is 0.391 e. The molecule has 0 bridgehead atoms. The van der Waals surface area contributed by atoms with Crippen molar-refractivity contribution in [3.8, 4) is 10.7 Å². The van der Waals surface area contributed by atoms with E-state index in [9.17, 15) is 4.39 Å². The number of hydrogen-bond donors (Lipinski definition) is 1. The number of aromatic nitrogens is 2. The SMILES string of the molecule is CCCn1c(-c2ccc(N)s2)nc2c(F)cccc21. The second kappa shape index (κ2) is 4.66. The molecule has 0 saturated heterocycles. The first-order chi connectivity index (χ1) is 9.20. The van der Waals surface area contributed by atoms with E-state index < -0.39 is 0 Å². The van der Waals surface area contributed by atoms with Crippen LogP contribution in [0.5, 0.6) is 0 Å². The van der Waals surface area contributed by atoms with E-state index in [0.29, 0.717) is 5.52 Å². The van der Waals surface area contributed by atoms with Gasteiger partial charge in [-0.25, -0.2) is 9.37 Å². The normalized spacial score (nSPS) is 11.3. The van der Waals surface area contributed by atoms with Crippen LogP contribution in [0.1, 0.15) is 13.3 Å². The van der Waals surface area contributed by atoms with Gasteiger partial charge in [-0.05, 0) is 30.7 Å². The Hall–Kier alpha value is -1.88. The molecule has 98 valence electrons. The van der Waals surface area contributed by atoms with E-state index in [1.54, 1.807) is 6.07 Å². The standard InChI is InChI=1S/C14H14FN3S/c1-2-8-18-10-5-3-4-9(15)13(10)17-14(18)11-6-7-12(16)19-11/h3-7H,2,8,16H2,1H3. The minimum absolute atomic E-state index is 0.280. The summed E-state index contributed by atoms with van der Waals surface area (Å²) >= 11 is 1.47. The van der Waals surface area contributed by atoms with Crippen LogP contribution in [-0.4, -0.2) is 9.55 Å². The maximum atomic E-state index is 13.8. The van der Waals surface area contributed by atoms with Crippen LogP contribution in [0, 0.1) is 5.82 Å². The van der Waals surface area contributed by atoms with Crippen molar-refractivity contribution in [2.24, 2.45) is 0 Å². The first kappa shape index (κ1) is 12.2. The number of anilines is 1. The van der Waals surface area contributed by atoms with Crippen LogP contribution < -0.4 is 5.73 Å². The van der Waals surface area contributed by atoms with Crippen LogP contribution in [0.2, 0.25) is 0 Å². The molecule has 0 spiro atoms. The average Bonchev–Trinajstić information content (AvgIpc) is 2.96. The van der Waals surface area contributed by atoms with Crippen LogP contribution in [-0.2, 0) is 6.54 Å². The number of nitrogens with zero attached hydrogens (tertiary/aromatic N) is 2. The summed E-state index contributed by atoms with van der Waals surface area (Å²) in [6.07, 6.45) is 0.968. The fourth-order valence-electron chi connectivity index (χ4n) is 2.22. The summed E-state index contributed by atoms with van der Waals surface area (Å²) in [5.41, 5.74) is 7.04. The number of aryl methyl sites for hydroxylation is 1. The molecule has 5 heteroatoms. The predicted molar refractivity (Wildman–Crippen MR) is 77.7 cm³/mol. The van der Waals surface area contributed by atoms with Crippen LogP contribution in [0.4, 0.5) is 9.39 Å². The maximum Gasteiger partial charge on any atom is 0.151 e. The molecule has 0 amide bonds. The van der Waals surface area contributed by atoms with Gasteiger partial charge in [0, 0.05) is 6.54 Å². The van der Waals surface area contributed by atoms with Crippen LogP contribution >= 0.6 is 11.3 Å². The molecule has 0 saturated carbocycles. The number of benzene rings is 1. The van der Waals surface area contributed by atoms with Crippen molar-refractivity contribution in [3.05, 3.63) is 36.1 Å². The van der Waals surface area contributed by atoms with Crippen LogP contribution in [0.25, 0.3) is 21.7 Å². The Bertz CT molecular complexity index is 729. The third-order valence-electron chi connectivity index (χ3n) is 3.02. The predicted octanol–water partition coefficient (Wildman–Crippen LogP) is 3.90. The minimum Gasteiger partial charge on any atom is -0.391 e. The van der Waals surface area contributed by atoms with Gasteiger partial charge in [-0.1, -0.05) is 13.0 Å². The van der Waals surface area contributed by atoms with Gasteiger partial charge in [0.1, 0.15) is 5.52 Å². The van der Waals surface area contributed by atoms with E-state index in [-0.39, 0.29) is 5.82 Å². The molecule has 0 atom stereocenters. The maximum absolute atomic E-state index is 13.8. The molecule has 3 nitrogen and oxygen atoms in total. The molecule has 0 radical (unpaired) electrons. The number of imidazole rings is 1. The molecule has 0 aliphatic heterocycles. The Balaban J connectivity index is 2.28. The van der Waals surface area contributed by atoms with Crippen molar-refractivity contribution < 1.29 is 4.39 Å². The van der Waals surface area contributed by atoms with E-state index in [1.165, 1.54) is 17.4 Å². The highest BCUT2D eigenvalue weighted by Gasteiger charge is 2.15. The summed E-state index contributed by atoms with van der Waals surface area (Å²) in [5.74, 6) is 0.516. The molecule has 2 heterocycles. The van der Waals surface area contributed by atoms with Crippen molar-refractivity contribution in [1.29, 1.82) is 0 Å². The first-order valence-electron chi connectivity index (χ1n) is 6.21. The summed E-state index contributed by atoms with van der Waals surface area (Å²) in [6.45, 7) is 2.91. The first-order valence-corrected chi connectivity index (χ1v) is 7.02. The van der Waals surface area contributed by atoms with Crippen molar-refractivity contribution >= 4 is 27.4 Å². The number of nitrogens with two attached hydrogens (primary N) is 1. The number of hydrogen-bond acceptors (Lipinski definition) is 3. The van der Waals surface area contributed by atoms with Crippen molar-refractivity contribution in [1.82, 2.24) is 9.55 Å². The van der Waals surface area contributed by atoms with Crippen molar-refractivity contribution in [2.45, 2.75) is 19.9 Å². The molecule has 0 fully saturated rings. The van der Waals surface area contributed by atoms with E-state index in [0.717, 1.165) is 34.2 Å². The Kier molecular flexibility index (Phi) is 2.98. The lowest BCUT2D eigenvalue weighted by Crippen LogP contribution is -1.98. The zero-order chi connectivity index (χ0) is 13.4. The fraction of sp³-hybridized carbons (Fsp3) is 0.214. The summed E-state index contributed by atoms with van der Waals surface area (Å²) in [4.78, 5) is 5.43. The Morgan fingerprint density at radius 2 is 2.16 bits per heavy atom. The number of thiophene rings is 1. The minimum atomic E-state index is -0.280. The number of para-hydroxylation sites is 1. The molecule has 1 aromatic carbocycles. The highest BCUT2D eigenvalue weighted by atomic mass is 32.1. The monoisotopic (exact) mass is 275 g/mol. The van der Waals surface area contributed by atoms with E-state index in [4.69, 9.17) is 5.73 Å². The molecule has 3 aromatic rings. The molecule has 0 unspecified atom stereocenters. The number of rotatable bonds is 3. The van der Waals surface area contributed by atoms with Gasteiger partial charge in [-0.2, -0.15) is 0 Å². The van der Waals surface area contributed by atoms with Crippen LogP contribution in [0.15, 0.2) is 30.3 Å².